The van der Waals surface area contributed by atoms with Gasteiger partial charge in [0, 0.05) is 37.5 Å². The second-order valence-corrected chi connectivity index (χ2v) is 8.51. The normalized spacial score (nSPS) is 14.7. The van der Waals surface area contributed by atoms with Crippen LogP contribution < -0.4 is 4.90 Å². The quantitative estimate of drug-likeness (QED) is 0.676. The molecule has 146 valence electrons. The molecule has 6 heteroatoms. The molecule has 3 heterocycles. The Morgan fingerprint density at radius 1 is 1.07 bits per heavy atom. The zero-order valence-corrected chi connectivity index (χ0v) is 17.6. The zero-order valence-electron chi connectivity index (χ0n) is 16.7. The van der Waals surface area contributed by atoms with Gasteiger partial charge < -0.3 is 9.80 Å². The number of aryl methyl sites for hydroxylation is 3. The Kier molecular flexibility index (Phi) is 5.31. The molecule has 2 aromatic heterocycles. The summed E-state index contributed by atoms with van der Waals surface area (Å²) in [7, 11) is 0. The average molecular weight is 395 g/mol. The lowest BCUT2D eigenvalue weighted by Gasteiger charge is -2.36. The molecule has 3 aromatic rings. The molecule has 0 bridgehead atoms. The van der Waals surface area contributed by atoms with Gasteiger partial charge in [0.15, 0.2) is 0 Å². The molecular weight excluding hydrogens is 368 g/mol. The van der Waals surface area contributed by atoms with Crippen molar-refractivity contribution in [1.82, 2.24) is 14.9 Å². The summed E-state index contributed by atoms with van der Waals surface area (Å²) in [5.41, 5.74) is 2.35. The summed E-state index contributed by atoms with van der Waals surface area (Å²) in [4.78, 5) is 29.0. The van der Waals surface area contributed by atoms with E-state index in [1.165, 1.54) is 15.8 Å². The van der Waals surface area contributed by atoms with E-state index in [-0.39, 0.29) is 5.91 Å². The molecule has 5 nitrogen and oxygen atoms in total. The number of piperazine rings is 1. The zero-order chi connectivity index (χ0) is 19.7. The molecule has 1 saturated heterocycles. The number of hydrogen-bond donors (Lipinski definition) is 0. The van der Waals surface area contributed by atoms with Crippen molar-refractivity contribution in [2.24, 2.45) is 0 Å². The third-order valence-electron chi connectivity index (χ3n) is 5.50. The van der Waals surface area contributed by atoms with Crippen LogP contribution in [0.2, 0.25) is 0 Å². The van der Waals surface area contributed by atoms with Gasteiger partial charge in [0.05, 0.1) is 11.8 Å². The highest BCUT2D eigenvalue weighted by molar-refractivity contribution is 7.18. The minimum atomic E-state index is 0.204. The predicted octanol–water partition coefficient (Wildman–Crippen LogP) is 3.76. The Bertz CT molecular complexity index is 991. The Hall–Kier alpha value is -2.47. The van der Waals surface area contributed by atoms with Crippen LogP contribution in [0.3, 0.4) is 0 Å². The average Bonchev–Trinajstić information content (AvgIpc) is 3.02. The molecule has 1 amide bonds. The maximum Gasteiger partial charge on any atom is 0.227 e. The first kappa shape index (κ1) is 18.9. The van der Waals surface area contributed by atoms with Crippen molar-refractivity contribution in [3.05, 3.63) is 52.2 Å². The molecule has 1 aliphatic rings. The van der Waals surface area contributed by atoms with Crippen LogP contribution >= 0.6 is 11.3 Å². The molecule has 0 N–H and O–H groups in total. The second-order valence-electron chi connectivity index (χ2n) is 7.31. The van der Waals surface area contributed by atoms with E-state index in [1.54, 1.807) is 11.3 Å². The van der Waals surface area contributed by atoms with Crippen LogP contribution in [0.15, 0.2) is 30.3 Å². The largest absolute Gasteiger partial charge is 0.352 e. The Morgan fingerprint density at radius 2 is 1.79 bits per heavy atom. The van der Waals surface area contributed by atoms with Crippen LogP contribution in [0.5, 0.6) is 0 Å². The molecule has 0 saturated carbocycles. The van der Waals surface area contributed by atoms with Crippen molar-refractivity contribution < 1.29 is 4.79 Å². The SMILES string of the molecule is CCc1nc(N2CCN(C(=O)Cc3ccccc3)CC2)c2c(C)c(C)sc2n1. The fourth-order valence-corrected chi connectivity index (χ4v) is 4.75. The summed E-state index contributed by atoms with van der Waals surface area (Å²) in [6.07, 6.45) is 1.30. The number of nitrogens with zero attached hydrogens (tertiary/aromatic N) is 4. The van der Waals surface area contributed by atoms with Crippen molar-refractivity contribution in [2.75, 3.05) is 31.1 Å². The topological polar surface area (TPSA) is 49.3 Å². The van der Waals surface area contributed by atoms with E-state index in [0.29, 0.717) is 6.42 Å². The number of thiophene rings is 1. The van der Waals surface area contributed by atoms with Crippen molar-refractivity contribution in [3.8, 4) is 0 Å². The fourth-order valence-electron chi connectivity index (χ4n) is 3.71. The summed E-state index contributed by atoms with van der Waals surface area (Å²) in [5.74, 6) is 2.14. The van der Waals surface area contributed by atoms with Gasteiger partial charge in [0.2, 0.25) is 5.91 Å². The van der Waals surface area contributed by atoms with Gasteiger partial charge in [0.25, 0.3) is 0 Å². The minimum absolute atomic E-state index is 0.204. The third kappa shape index (κ3) is 3.61. The Balaban J connectivity index is 1.51. The number of carbonyl (C=O) groups excluding carboxylic acids is 1. The predicted molar refractivity (Wildman–Crippen MR) is 115 cm³/mol. The van der Waals surface area contributed by atoms with Crippen LogP contribution in [-0.2, 0) is 17.6 Å². The number of amides is 1. The van der Waals surface area contributed by atoms with Crippen molar-refractivity contribution in [2.45, 2.75) is 33.6 Å². The number of carbonyl (C=O) groups is 1. The van der Waals surface area contributed by atoms with E-state index < -0.39 is 0 Å². The summed E-state index contributed by atoms with van der Waals surface area (Å²) in [5, 5.41) is 1.18. The van der Waals surface area contributed by atoms with E-state index in [4.69, 9.17) is 9.97 Å². The highest BCUT2D eigenvalue weighted by Gasteiger charge is 2.25. The molecule has 28 heavy (non-hydrogen) atoms. The van der Waals surface area contributed by atoms with E-state index in [2.05, 4.69) is 25.7 Å². The van der Waals surface area contributed by atoms with Crippen LogP contribution in [0.1, 0.15) is 28.8 Å². The molecule has 0 spiro atoms. The lowest BCUT2D eigenvalue weighted by molar-refractivity contribution is -0.130. The van der Waals surface area contributed by atoms with Gasteiger partial charge in [-0.15, -0.1) is 11.3 Å². The maximum atomic E-state index is 12.7. The number of rotatable bonds is 4. The molecule has 0 unspecified atom stereocenters. The standard InChI is InChI=1S/C22H26N4OS/c1-4-18-23-21(20-15(2)16(3)28-22(20)24-18)26-12-10-25(11-13-26)19(27)14-17-8-6-5-7-9-17/h5-9H,4,10-14H2,1-3H3. The first-order valence-electron chi connectivity index (χ1n) is 9.90. The molecule has 0 aliphatic carbocycles. The number of hydrogen-bond acceptors (Lipinski definition) is 5. The Morgan fingerprint density at radius 3 is 2.46 bits per heavy atom. The van der Waals surface area contributed by atoms with Gasteiger partial charge >= 0.3 is 0 Å². The number of benzene rings is 1. The van der Waals surface area contributed by atoms with Crippen molar-refractivity contribution in [1.29, 1.82) is 0 Å². The van der Waals surface area contributed by atoms with Crippen LogP contribution in [-0.4, -0.2) is 47.0 Å². The van der Waals surface area contributed by atoms with Gasteiger partial charge in [-0.25, -0.2) is 9.97 Å². The lowest BCUT2D eigenvalue weighted by atomic mass is 10.1. The van der Waals surface area contributed by atoms with E-state index in [1.807, 2.05) is 35.2 Å². The first-order chi connectivity index (χ1) is 13.6. The molecule has 4 rings (SSSR count). The summed E-state index contributed by atoms with van der Waals surface area (Å²) < 4.78 is 0. The molecule has 0 atom stereocenters. The first-order valence-corrected chi connectivity index (χ1v) is 10.7. The number of aromatic nitrogens is 2. The molecular formula is C22H26N4OS. The van der Waals surface area contributed by atoms with Gasteiger partial charge in [0.1, 0.15) is 16.5 Å². The van der Waals surface area contributed by atoms with Gasteiger partial charge in [-0.1, -0.05) is 37.3 Å². The fraction of sp³-hybridized carbons (Fsp3) is 0.409. The molecule has 0 radical (unpaired) electrons. The second kappa shape index (κ2) is 7.87. The maximum absolute atomic E-state index is 12.7. The van der Waals surface area contributed by atoms with Crippen LogP contribution in [0.25, 0.3) is 10.2 Å². The summed E-state index contributed by atoms with van der Waals surface area (Å²) in [6.45, 7) is 9.50. The van der Waals surface area contributed by atoms with Gasteiger partial charge in [-0.2, -0.15) is 0 Å². The smallest absolute Gasteiger partial charge is 0.227 e. The number of anilines is 1. The highest BCUT2D eigenvalue weighted by atomic mass is 32.1. The summed E-state index contributed by atoms with van der Waals surface area (Å²) >= 11 is 1.75. The third-order valence-corrected chi connectivity index (χ3v) is 6.60. The molecule has 1 fully saturated rings. The van der Waals surface area contributed by atoms with E-state index in [9.17, 15) is 4.79 Å². The van der Waals surface area contributed by atoms with Crippen molar-refractivity contribution in [3.63, 3.8) is 0 Å². The van der Waals surface area contributed by atoms with E-state index in [0.717, 1.165) is 54.6 Å². The minimum Gasteiger partial charge on any atom is -0.352 e. The monoisotopic (exact) mass is 394 g/mol. The van der Waals surface area contributed by atoms with Crippen LogP contribution in [0.4, 0.5) is 5.82 Å². The molecule has 1 aliphatic heterocycles. The lowest BCUT2D eigenvalue weighted by Crippen LogP contribution is -2.49. The Labute approximate surface area is 170 Å². The number of fused-ring (bicyclic) bond motifs is 1. The van der Waals surface area contributed by atoms with Crippen LogP contribution in [0, 0.1) is 13.8 Å². The van der Waals surface area contributed by atoms with Gasteiger partial charge in [-0.05, 0) is 25.0 Å². The van der Waals surface area contributed by atoms with Crippen molar-refractivity contribution >= 4 is 33.3 Å². The summed E-state index contributed by atoms with van der Waals surface area (Å²) in [6, 6.07) is 9.97. The van der Waals surface area contributed by atoms with E-state index >= 15 is 0 Å². The highest BCUT2D eigenvalue weighted by Crippen LogP contribution is 2.35. The molecule has 1 aromatic carbocycles. The van der Waals surface area contributed by atoms with Gasteiger partial charge in [-0.3, -0.25) is 4.79 Å².